The molecule has 0 saturated heterocycles. The minimum atomic E-state index is -2.43. The molecule has 17 heavy (non-hydrogen) atoms. The van der Waals surface area contributed by atoms with Crippen molar-refractivity contribution in [1.82, 2.24) is 0 Å². The highest BCUT2D eigenvalue weighted by atomic mass is 19.3. The SMILES string of the molecule is CC.CC1CN(C)c2cc(C(F)F)ccc2O1. The second-order valence-corrected chi connectivity index (χ2v) is 3.84. The van der Waals surface area contributed by atoms with Gasteiger partial charge in [-0.1, -0.05) is 13.8 Å². The van der Waals surface area contributed by atoms with Gasteiger partial charge in [-0.25, -0.2) is 8.78 Å². The van der Waals surface area contributed by atoms with Crippen LogP contribution in [-0.2, 0) is 0 Å². The summed E-state index contributed by atoms with van der Waals surface area (Å²) in [6.45, 7) is 6.68. The molecule has 0 spiro atoms. The fourth-order valence-corrected chi connectivity index (χ4v) is 1.81. The summed E-state index contributed by atoms with van der Waals surface area (Å²) in [6, 6.07) is 4.52. The quantitative estimate of drug-likeness (QED) is 0.742. The first-order valence-corrected chi connectivity index (χ1v) is 5.88. The molecule has 0 aromatic heterocycles. The lowest BCUT2D eigenvalue weighted by atomic mass is 10.1. The molecular formula is C13H19F2NO. The summed E-state index contributed by atoms with van der Waals surface area (Å²) in [6.07, 6.45) is -2.33. The second-order valence-electron chi connectivity index (χ2n) is 3.84. The maximum Gasteiger partial charge on any atom is 0.263 e. The Morgan fingerprint density at radius 3 is 2.59 bits per heavy atom. The van der Waals surface area contributed by atoms with Crippen LogP contribution >= 0.6 is 0 Å². The highest BCUT2D eigenvalue weighted by molar-refractivity contribution is 5.61. The molecule has 1 aromatic rings. The molecule has 4 heteroatoms. The Balaban J connectivity index is 0.000000686. The predicted molar refractivity (Wildman–Crippen MR) is 66.1 cm³/mol. The maximum atomic E-state index is 12.5. The Bertz CT molecular complexity index is 368. The van der Waals surface area contributed by atoms with Gasteiger partial charge in [0, 0.05) is 12.6 Å². The minimum Gasteiger partial charge on any atom is -0.487 e. The van der Waals surface area contributed by atoms with Gasteiger partial charge in [0.25, 0.3) is 6.43 Å². The number of alkyl halides is 2. The van der Waals surface area contributed by atoms with E-state index in [4.69, 9.17) is 4.74 Å². The van der Waals surface area contributed by atoms with Gasteiger partial charge in [-0.15, -0.1) is 0 Å². The summed E-state index contributed by atoms with van der Waals surface area (Å²) in [5.74, 6) is 0.681. The molecular weight excluding hydrogens is 224 g/mol. The van der Waals surface area contributed by atoms with Gasteiger partial charge in [0.05, 0.1) is 12.2 Å². The molecule has 1 aliphatic rings. The van der Waals surface area contributed by atoms with Crippen molar-refractivity contribution in [3.63, 3.8) is 0 Å². The average molecular weight is 243 g/mol. The van der Waals surface area contributed by atoms with Gasteiger partial charge in [0.2, 0.25) is 0 Å². The first kappa shape index (κ1) is 13.7. The summed E-state index contributed by atoms with van der Waals surface area (Å²) < 4.78 is 30.5. The number of rotatable bonds is 1. The van der Waals surface area contributed by atoms with E-state index in [1.165, 1.54) is 12.1 Å². The number of hydrogen-bond acceptors (Lipinski definition) is 2. The normalized spacial score (nSPS) is 18.1. The number of ether oxygens (including phenoxy) is 1. The molecule has 0 radical (unpaired) electrons. The van der Waals surface area contributed by atoms with Gasteiger partial charge in [-0.2, -0.15) is 0 Å². The third-order valence-corrected chi connectivity index (χ3v) is 2.51. The highest BCUT2D eigenvalue weighted by Gasteiger charge is 2.21. The summed E-state index contributed by atoms with van der Waals surface area (Å²) in [7, 11) is 1.88. The maximum absolute atomic E-state index is 12.5. The largest absolute Gasteiger partial charge is 0.487 e. The molecule has 0 N–H and O–H groups in total. The lowest BCUT2D eigenvalue weighted by Crippen LogP contribution is -2.35. The van der Waals surface area contributed by atoms with Gasteiger partial charge >= 0.3 is 0 Å². The summed E-state index contributed by atoms with van der Waals surface area (Å²) in [4.78, 5) is 1.94. The molecule has 1 unspecified atom stereocenters. The summed E-state index contributed by atoms with van der Waals surface area (Å²) in [5.41, 5.74) is 0.782. The van der Waals surface area contributed by atoms with Gasteiger partial charge < -0.3 is 9.64 Å². The Hall–Kier alpha value is -1.32. The zero-order valence-electron chi connectivity index (χ0n) is 10.7. The van der Waals surface area contributed by atoms with E-state index >= 15 is 0 Å². The van der Waals surface area contributed by atoms with Crippen molar-refractivity contribution in [2.24, 2.45) is 0 Å². The number of anilines is 1. The number of fused-ring (bicyclic) bond motifs is 1. The van der Waals surface area contributed by atoms with Crippen LogP contribution < -0.4 is 9.64 Å². The van der Waals surface area contributed by atoms with Crippen LogP contribution in [0.5, 0.6) is 5.75 Å². The fraction of sp³-hybridized carbons (Fsp3) is 0.538. The first-order chi connectivity index (χ1) is 8.08. The van der Waals surface area contributed by atoms with Crippen LogP contribution in [0.25, 0.3) is 0 Å². The third-order valence-electron chi connectivity index (χ3n) is 2.51. The first-order valence-electron chi connectivity index (χ1n) is 5.88. The second kappa shape index (κ2) is 5.84. The standard InChI is InChI=1S/C11H13F2NO.C2H6/c1-7-6-14(2)9-5-8(11(12)13)3-4-10(9)15-7;1-2/h3-5,7,11H,6H2,1-2H3;1-2H3. The van der Waals surface area contributed by atoms with Gasteiger partial charge in [-0.3, -0.25) is 0 Å². The number of nitrogens with zero attached hydrogens (tertiary/aromatic N) is 1. The minimum absolute atomic E-state index is 0.0405. The van der Waals surface area contributed by atoms with Crippen molar-refractivity contribution < 1.29 is 13.5 Å². The lowest BCUT2D eigenvalue weighted by Gasteiger charge is -2.32. The van der Waals surface area contributed by atoms with Crippen LogP contribution in [-0.4, -0.2) is 19.7 Å². The zero-order valence-corrected chi connectivity index (χ0v) is 10.7. The van der Waals surface area contributed by atoms with Gasteiger partial charge in [0.1, 0.15) is 11.9 Å². The molecule has 96 valence electrons. The molecule has 0 fully saturated rings. The van der Waals surface area contributed by atoms with E-state index in [-0.39, 0.29) is 11.7 Å². The van der Waals surface area contributed by atoms with Gasteiger partial charge in [0.15, 0.2) is 0 Å². The Labute approximate surface area is 101 Å². The summed E-state index contributed by atoms with van der Waals surface area (Å²) in [5, 5.41) is 0. The van der Waals surface area contributed by atoms with E-state index in [0.29, 0.717) is 5.75 Å². The van der Waals surface area contributed by atoms with E-state index in [2.05, 4.69) is 0 Å². The number of likely N-dealkylation sites (N-methyl/N-ethyl adjacent to an activating group) is 1. The van der Waals surface area contributed by atoms with E-state index in [0.717, 1.165) is 12.2 Å². The Kier molecular flexibility index (Phi) is 4.73. The van der Waals surface area contributed by atoms with Crippen LogP contribution in [0.3, 0.4) is 0 Å². The third kappa shape index (κ3) is 3.08. The van der Waals surface area contributed by atoms with Crippen molar-refractivity contribution in [3.8, 4) is 5.75 Å². The van der Waals surface area contributed by atoms with Crippen molar-refractivity contribution in [1.29, 1.82) is 0 Å². The molecule has 2 nitrogen and oxygen atoms in total. The molecule has 1 aromatic carbocycles. The van der Waals surface area contributed by atoms with Crippen molar-refractivity contribution in [3.05, 3.63) is 23.8 Å². The Morgan fingerprint density at radius 2 is 2.00 bits per heavy atom. The number of hydrogen-bond donors (Lipinski definition) is 0. The molecule has 0 bridgehead atoms. The Morgan fingerprint density at radius 1 is 1.35 bits per heavy atom. The molecule has 1 heterocycles. The number of benzene rings is 1. The van der Waals surface area contributed by atoms with Crippen molar-refractivity contribution in [2.75, 3.05) is 18.5 Å². The smallest absolute Gasteiger partial charge is 0.263 e. The van der Waals surface area contributed by atoms with Crippen LogP contribution in [0, 0.1) is 0 Å². The van der Waals surface area contributed by atoms with E-state index in [1.807, 2.05) is 32.7 Å². The highest BCUT2D eigenvalue weighted by Crippen LogP contribution is 2.35. The average Bonchev–Trinajstić information content (AvgIpc) is 2.31. The van der Waals surface area contributed by atoms with Crippen molar-refractivity contribution in [2.45, 2.75) is 33.3 Å². The molecule has 0 saturated carbocycles. The molecule has 0 amide bonds. The monoisotopic (exact) mass is 243 g/mol. The molecule has 2 rings (SSSR count). The van der Waals surface area contributed by atoms with E-state index < -0.39 is 6.43 Å². The van der Waals surface area contributed by atoms with Crippen molar-refractivity contribution >= 4 is 5.69 Å². The fourth-order valence-electron chi connectivity index (χ4n) is 1.81. The van der Waals surface area contributed by atoms with E-state index in [1.54, 1.807) is 6.07 Å². The van der Waals surface area contributed by atoms with Crippen LogP contribution in [0.4, 0.5) is 14.5 Å². The van der Waals surface area contributed by atoms with Crippen LogP contribution in [0.15, 0.2) is 18.2 Å². The molecule has 1 aliphatic heterocycles. The lowest BCUT2D eigenvalue weighted by molar-refractivity contribution is 0.151. The van der Waals surface area contributed by atoms with Crippen LogP contribution in [0.1, 0.15) is 32.8 Å². The predicted octanol–water partition coefficient (Wildman–Crippen LogP) is 3.87. The topological polar surface area (TPSA) is 12.5 Å². The summed E-state index contributed by atoms with van der Waals surface area (Å²) >= 11 is 0. The van der Waals surface area contributed by atoms with Crippen LogP contribution in [0.2, 0.25) is 0 Å². The zero-order chi connectivity index (χ0) is 13.0. The van der Waals surface area contributed by atoms with Gasteiger partial charge in [-0.05, 0) is 25.1 Å². The number of halogens is 2. The molecule has 0 aliphatic carbocycles. The van der Waals surface area contributed by atoms with E-state index in [9.17, 15) is 8.78 Å². The molecule has 1 atom stereocenters.